The third-order valence-electron chi connectivity index (χ3n) is 2.85. The Morgan fingerprint density at radius 3 is 2.38 bits per heavy atom. The molecule has 6 heteroatoms. The molecule has 2 N–H and O–H groups in total. The first-order valence-electron chi connectivity index (χ1n) is 6.03. The first-order valence-corrected chi connectivity index (χ1v) is 6.82. The molecule has 0 heterocycles. The first kappa shape index (κ1) is 15.2. The highest BCUT2D eigenvalue weighted by Crippen LogP contribution is 2.21. The molecule has 2 aromatic carbocycles. The maximum Gasteiger partial charge on any atom is 0.330 e. The van der Waals surface area contributed by atoms with Crippen molar-refractivity contribution in [1.29, 1.82) is 0 Å². The lowest BCUT2D eigenvalue weighted by Crippen LogP contribution is -2.34. The fourth-order valence-electron chi connectivity index (χ4n) is 1.82. The van der Waals surface area contributed by atoms with Crippen LogP contribution in [0.2, 0.25) is 0 Å². The molecule has 1 amide bonds. The topological polar surface area (TPSA) is 66.4 Å². The Morgan fingerprint density at radius 2 is 1.76 bits per heavy atom. The van der Waals surface area contributed by atoms with Gasteiger partial charge in [-0.3, -0.25) is 4.79 Å². The van der Waals surface area contributed by atoms with E-state index in [9.17, 15) is 19.1 Å². The van der Waals surface area contributed by atoms with E-state index in [2.05, 4.69) is 21.2 Å². The fourth-order valence-corrected chi connectivity index (χ4v) is 2.27. The molecule has 21 heavy (non-hydrogen) atoms. The smallest absolute Gasteiger partial charge is 0.330 e. The van der Waals surface area contributed by atoms with Crippen LogP contribution in [0.25, 0.3) is 0 Å². The third kappa shape index (κ3) is 3.46. The molecule has 2 aromatic rings. The molecular formula is C15H11BrFNO3. The summed E-state index contributed by atoms with van der Waals surface area (Å²) in [6, 6.07) is 11.1. The number of halogens is 2. The fraction of sp³-hybridized carbons (Fsp3) is 0.0667. The summed E-state index contributed by atoms with van der Waals surface area (Å²) < 4.78 is 13.4. The lowest BCUT2D eigenvalue weighted by atomic mass is 10.1. The van der Waals surface area contributed by atoms with Crippen LogP contribution in [0.4, 0.5) is 4.39 Å². The molecule has 1 atom stereocenters. The molecule has 4 nitrogen and oxygen atoms in total. The number of carboxylic acids is 1. The second kappa shape index (κ2) is 6.49. The van der Waals surface area contributed by atoms with Gasteiger partial charge < -0.3 is 10.4 Å². The lowest BCUT2D eigenvalue weighted by molar-refractivity contribution is -0.139. The molecule has 0 fully saturated rings. The second-order valence-corrected chi connectivity index (χ2v) is 5.05. The minimum Gasteiger partial charge on any atom is -0.479 e. The van der Waals surface area contributed by atoms with Crippen LogP contribution >= 0.6 is 15.9 Å². The van der Waals surface area contributed by atoms with Gasteiger partial charge in [-0.05, 0) is 33.6 Å². The van der Waals surface area contributed by atoms with E-state index in [4.69, 9.17) is 0 Å². The van der Waals surface area contributed by atoms with Crippen LogP contribution in [0, 0.1) is 5.82 Å². The second-order valence-electron chi connectivity index (χ2n) is 4.26. The maximum atomic E-state index is 13.4. The Kier molecular flexibility index (Phi) is 4.70. The van der Waals surface area contributed by atoms with Gasteiger partial charge in [0.15, 0.2) is 6.04 Å². The summed E-state index contributed by atoms with van der Waals surface area (Å²) in [4.78, 5) is 23.5. The minimum absolute atomic E-state index is 0.000277. The molecule has 0 aliphatic rings. The van der Waals surface area contributed by atoms with Crippen molar-refractivity contribution in [3.8, 4) is 0 Å². The van der Waals surface area contributed by atoms with Gasteiger partial charge in [0.1, 0.15) is 5.82 Å². The molecule has 0 aliphatic heterocycles. The van der Waals surface area contributed by atoms with E-state index in [0.717, 1.165) is 0 Å². The third-order valence-corrected chi connectivity index (χ3v) is 3.66. The number of carbonyl (C=O) groups excluding carboxylic acids is 1. The van der Waals surface area contributed by atoms with Crippen LogP contribution in [0.15, 0.2) is 53.0 Å². The molecule has 1 unspecified atom stereocenters. The molecule has 0 radical (unpaired) electrons. The highest BCUT2D eigenvalue weighted by molar-refractivity contribution is 9.10. The van der Waals surface area contributed by atoms with Gasteiger partial charge in [0.2, 0.25) is 0 Å². The van der Waals surface area contributed by atoms with E-state index >= 15 is 0 Å². The van der Waals surface area contributed by atoms with E-state index in [1.807, 2.05) is 0 Å². The number of nitrogens with one attached hydrogen (secondary N) is 1. The molecule has 0 aliphatic carbocycles. The van der Waals surface area contributed by atoms with Crippen molar-refractivity contribution >= 4 is 27.8 Å². The average molecular weight is 352 g/mol. The zero-order chi connectivity index (χ0) is 15.4. The largest absolute Gasteiger partial charge is 0.479 e. The van der Waals surface area contributed by atoms with Gasteiger partial charge in [0, 0.05) is 0 Å². The monoisotopic (exact) mass is 351 g/mol. The van der Waals surface area contributed by atoms with Crippen LogP contribution < -0.4 is 5.32 Å². The number of rotatable bonds is 4. The van der Waals surface area contributed by atoms with Crippen molar-refractivity contribution in [1.82, 2.24) is 5.32 Å². The number of benzene rings is 2. The summed E-state index contributed by atoms with van der Waals surface area (Å²) in [6.45, 7) is 0. The molecule has 108 valence electrons. The van der Waals surface area contributed by atoms with Crippen LogP contribution in [0.1, 0.15) is 22.0 Å². The lowest BCUT2D eigenvalue weighted by Gasteiger charge is -2.15. The van der Waals surface area contributed by atoms with Crippen molar-refractivity contribution in [3.05, 3.63) is 69.9 Å². The quantitative estimate of drug-likeness (QED) is 0.889. The zero-order valence-corrected chi connectivity index (χ0v) is 12.3. The summed E-state index contributed by atoms with van der Waals surface area (Å²) in [5.41, 5.74) is 0.475. The molecule has 0 bridgehead atoms. The summed E-state index contributed by atoms with van der Waals surface area (Å²) in [5, 5.41) is 11.6. The van der Waals surface area contributed by atoms with E-state index in [-0.39, 0.29) is 10.0 Å². The Bertz CT molecular complexity index is 676. The van der Waals surface area contributed by atoms with Gasteiger partial charge in [-0.25, -0.2) is 9.18 Å². The Hall–Kier alpha value is -2.21. The van der Waals surface area contributed by atoms with Gasteiger partial charge in [-0.15, -0.1) is 0 Å². The SMILES string of the molecule is O=C(NC(C(=O)O)c1ccccc1)c1cccc(F)c1Br. The standard InChI is InChI=1S/C15H11BrFNO3/c16-12-10(7-4-8-11(12)17)14(19)18-13(15(20)21)9-5-2-1-3-6-9/h1-8,13H,(H,18,19)(H,20,21). The number of carbonyl (C=O) groups is 2. The first-order chi connectivity index (χ1) is 10.0. The Labute approximate surface area is 128 Å². The van der Waals surface area contributed by atoms with Crippen LogP contribution in [-0.2, 0) is 4.79 Å². The highest BCUT2D eigenvalue weighted by atomic mass is 79.9. The molecule has 0 spiro atoms. The molecule has 0 saturated heterocycles. The summed E-state index contributed by atoms with van der Waals surface area (Å²) in [7, 11) is 0. The summed E-state index contributed by atoms with van der Waals surface area (Å²) in [6.07, 6.45) is 0. The van der Waals surface area contributed by atoms with Gasteiger partial charge in [-0.1, -0.05) is 36.4 Å². The zero-order valence-electron chi connectivity index (χ0n) is 10.7. The number of hydrogen-bond donors (Lipinski definition) is 2. The Morgan fingerprint density at radius 1 is 1.10 bits per heavy atom. The van der Waals surface area contributed by atoms with E-state index < -0.39 is 23.7 Å². The number of aliphatic carboxylic acids is 1. The van der Waals surface area contributed by atoms with E-state index in [1.165, 1.54) is 18.2 Å². The maximum absolute atomic E-state index is 13.4. The van der Waals surface area contributed by atoms with Gasteiger partial charge in [0.25, 0.3) is 5.91 Å². The number of carboxylic acid groups (broad SMARTS) is 1. The van der Waals surface area contributed by atoms with E-state index in [0.29, 0.717) is 5.56 Å². The molecule has 0 aromatic heterocycles. The minimum atomic E-state index is -1.20. The average Bonchev–Trinajstić information content (AvgIpc) is 2.48. The number of amides is 1. The highest BCUT2D eigenvalue weighted by Gasteiger charge is 2.23. The molecule has 0 saturated carbocycles. The molecule has 2 rings (SSSR count). The van der Waals surface area contributed by atoms with Crippen molar-refractivity contribution in [2.45, 2.75) is 6.04 Å². The van der Waals surface area contributed by atoms with Crippen molar-refractivity contribution in [2.75, 3.05) is 0 Å². The van der Waals surface area contributed by atoms with Crippen molar-refractivity contribution in [2.24, 2.45) is 0 Å². The van der Waals surface area contributed by atoms with Gasteiger partial charge >= 0.3 is 5.97 Å². The Balaban J connectivity index is 2.28. The predicted octanol–water partition coefficient (Wildman–Crippen LogP) is 3.14. The van der Waals surface area contributed by atoms with Crippen molar-refractivity contribution in [3.63, 3.8) is 0 Å². The van der Waals surface area contributed by atoms with Crippen molar-refractivity contribution < 1.29 is 19.1 Å². The van der Waals surface area contributed by atoms with Crippen LogP contribution in [0.3, 0.4) is 0 Å². The van der Waals surface area contributed by atoms with Crippen LogP contribution in [-0.4, -0.2) is 17.0 Å². The van der Waals surface area contributed by atoms with Gasteiger partial charge in [0.05, 0.1) is 10.0 Å². The van der Waals surface area contributed by atoms with Gasteiger partial charge in [-0.2, -0.15) is 0 Å². The molecular weight excluding hydrogens is 341 g/mol. The number of hydrogen-bond acceptors (Lipinski definition) is 2. The predicted molar refractivity (Wildman–Crippen MR) is 78.4 cm³/mol. The summed E-state index contributed by atoms with van der Waals surface area (Å²) in [5.74, 6) is -2.45. The van der Waals surface area contributed by atoms with Crippen LogP contribution in [0.5, 0.6) is 0 Å². The summed E-state index contributed by atoms with van der Waals surface area (Å²) >= 11 is 2.98. The van der Waals surface area contributed by atoms with E-state index in [1.54, 1.807) is 30.3 Å². The normalized spacial score (nSPS) is 11.7.